The summed E-state index contributed by atoms with van der Waals surface area (Å²) in [6.07, 6.45) is 13.2. The van der Waals surface area contributed by atoms with Crippen LogP contribution in [-0.4, -0.2) is 24.2 Å². The predicted octanol–water partition coefficient (Wildman–Crippen LogP) is 5.48. The summed E-state index contributed by atoms with van der Waals surface area (Å²) in [5.74, 6) is 2.39. The smallest absolute Gasteiger partial charge is 0.244 e. The fourth-order valence-electron chi connectivity index (χ4n) is 3.23. The molecule has 0 spiro atoms. The van der Waals surface area contributed by atoms with E-state index in [0.717, 1.165) is 36.2 Å². The van der Waals surface area contributed by atoms with E-state index in [-0.39, 0.29) is 12.5 Å². The topological polar surface area (TPSA) is 49.3 Å². The molecule has 2 atom stereocenters. The molecule has 0 saturated heterocycles. The first-order valence-electron chi connectivity index (χ1n) is 10.4. The van der Waals surface area contributed by atoms with Gasteiger partial charge >= 0.3 is 0 Å². The number of aliphatic hydroxyl groups excluding tert-OH is 1. The second kappa shape index (κ2) is 15.4. The van der Waals surface area contributed by atoms with Gasteiger partial charge in [-0.05, 0) is 37.5 Å². The van der Waals surface area contributed by atoms with Gasteiger partial charge in [0.05, 0.1) is 6.61 Å². The molecule has 0 radical (unpaired) electrons. The highest BCUT2D eigenvalue weighted by molar-refractivity contribution is 5.88. The lowest BCUT2D eigenvalue weighted by Crippen LogP contribution is -2.24. The van der Waals surface area contributed by atoms with Crippen molar-refractivity contribution in [2.45, 2.75) is 92.4 Å². The van der Waals surface area contributed by atoms with Gasteiger partial charge in [-0.1, -0.05) is 78.2 Å². The molecule has 0 aliphatic carbocycles. The van der Waals surface area contributed by atoms with E-state index in [0.29, 0.717) is 6.54 Å². The maximum absolute atomic E-state index is 11.5. The Morgan fingerprint density at radius 3 is 1.96 bits per heavy atom. The summed E-state index contributed by atoms with van der Waals surface area (Å²) in [6, 6.07) is 0. The van der Waals surface area contributed by atoms with E-state index in [9.17, 15) is 4.79 Å². The molecule has 0 bridgehead atoms. The lowest BCUT2D eigenvalue weighted by molar-refractivity contribution is -0.116. The third kappa shape index (κ3) is 16.4. The molecule has 3 heteroatoms. The SMILES string of the molecule is C/C(=C\C(=O)NCCO)CCCC(C)CCCC(C)CCCC(C)C. The van der Waals surface area contributed by atoms with Gasteiger partial charge in [-0.25, -0.2) is 0 Å². The number of carbonyl (C=O) groups excluding carboxylic acids is 1. The van der Waals surface area contributed by atoms with Crippen LogP contribution in [0.4, 0.5) is 0 Å². The van der Waals surface area contributed by atoms with Gasteiger partial charge in [0.15, 0.2) is 0 Å². The molecule has 0 rings (SSSR count). The molecule has 0 aromatic heterocycles. The van der Waals surface area contributed by atoms with Crippen molar-refractivity contribution in [2.24, 2.45) is 17.8 Å². The van der Waals surface area contributed by atoms with Gasteiger partial charge < -0.3 is 10.4 Å². The summed E-state index contributed by atoms with van der Waals surface area (Å²) in [6.45, 7) is 11.7. The van der Waals surface area contributed by atoms with E-state index < -0.39 is 0 Å². The van der Waals surface area contributed by atoms with E-state index in [1.165, 1.54) is 44.9 Å². The monoisotopic (exact) mass is 353 g/mol. The van der Waals surface area contributed by atoms with Gasteiger partial charge in [-0.3, -0.25) is 4.79 Å². The van der Waals surface area contributed by atoms with Crippen LogP contribution >= 0.6 is 0 Å². The first kappa shape index (κ1) is 24.2. The molecular formula is C22H43NO2. The van der Waals surface area contributed by atoms with Crippen molar-refractivity contribution in [3.05, 3.63) is 11.6 Å². The van der Waals surface area contributed by atoms with Crippen LogP contribution in [0.1, 0.15) is 92.4 Å². The Morgan fingerprint density at radius 1 is 0.920 bits per heavy atom. The fraction of sp³-hybridized carbons (Fsp3) is 0.864. The summed E-state index contributed by atoms with van der Waals surface area (Å²) in [5.41, 5.74) is 1.13. The first-order valence-corrected chi connectivity index (χ1v) is 10.4. The molecule has 0 saturated carbocycles. The highest BCUT2D eigenvalue weighted by Crippen LogP contribution is 2.21. The van der Waals surface area contributed by atoms with Crippen LogP contribution in [0.5, 0.6) is 0 Å². The minimum Gasteiger partial charge on any atom is -0.395 e. The van der Waals surface area contributed by atoms with Crippen molar-refractivity contribution in [3.63, 3.8) is 0 Å². The van der Waals surface area contributed by atoms with Crippen LogP contribution in [0.25, 0.3) is 0 Å². The number of hydrogen-bond acceptors (Lipinski definition) is 2. The molecule has 148 valence electrons. The predicted molar refractivity (Wildman–Crippen MR) is 109 cm³/mol. The van der Waals surface area contributed by atoms with Crippen LogP contribution in [0, 0.1) is 17.8 Å². The summed E-state index contributed by atoms with van der Waals surface area (Å²) in [5, 5.41) is 11.3. The van der Waals surface area contributed by atoms with Crippen LogP contribution in [0.3, 0.4) is 0 Å². The van der Waals surface area contributed by atoms with E-state index in [1.54, 1.807) is 6.08 Å². The van der Waals surface area contributed by atoms with Crippen LogP contribution in [0.2, 0.25) is 0 Å². The Balaban J connectivity index is 3.71. The minimum absolute atomic E-state index is 0.00745. The Labute approximate surface area is 156 Å². The number of allylic oxidation sites excluding steroid dienone is 1. The molecule has 0 aliphatic rings. The average Bonchev–Trinajstić information content (AvgIpc) is 2.52. The van der Waals surface area contributed by atoms with Crippen LogP contribution < -0.4 is 5.32 Å². The number of hydrogen-bond donors (Lipinski definition) is 2. The Bertz CT molecular complexity index is 363. The maximum Gasteiger partial charge on any atom is 0.244 e. The number of carbonyl (C=O) groups is 1. The first-order chi connectivity index (χ1) is 11.8. The molecule has 3 nitrogen and oxygen atoms in total. The molecule has 25 heavy (non-hydrogen) atoms. The second-order valence-corrected chi connectivity index (χ2v) is 8.36. The molecular weight excluding hydrogens is 310 g/mol. The third-order valence-electron chi connectivity index (χ3n) is 4.93. The quantitative estimate of drug-likeness (QED) is 0.383. The van der Waals surface area contributed by atoms with Gasteiger partial charge in [0.2, 0.25) is 5.91 Å². The van der Waals surface area contributed by atoms with Crippen molar-refractivity contribution < 1.29 is 9.90 Å². The van der Waals surface area contributed by atoms with E-state index >= 15 is 0 Å². The molecule has 2 N–H and O–H groups in total. The zero-order chi connectivity index (χ0) is 19.1. The van der Waals surface area contributed by atoms with E-state index in [4.69, 9.17) is 5.11 Å². The average molecular weight is 354 g/mol. The van der Waals surface area contributed by atoms with Crippen LogP contribution in [0.15, 0.2) is 11.6 Å². The number of amides is 1. The van der Waals surface area contributed by atoms with Crippen molar-refractivity contribution in [1.29, 1.82) is 0 Å². The van der Waals surface area contributed by atoms with Crippen molar-refractivity contribution in [2.75, 3.05) is 13.2 Å². The second-order valence-electron chi connectivity index (χ2n) is 8.36. The summed E-state index contributed by atoms with van der Waals surface area (Å²) in [4.78, 5) is 11.5. The standard InChI is InChI=1S/C22H43NO2/c1-18(2)9-6-10-19(3)11-7-12-20(4)13-8-14-21(5)17-22(25)23-15-16-24/h17-20,24H,6-16H2,1-5H3,(H,23,25)/b21-17+. The number of nitrogens with one attached hydrogen (secondary N) is 1. The zero-order valence-electron chi connectivity index (χ0n) is 17.4. The molecule has 1 amide bonds. The zero-order valence-corrected chi connectivity index (χ0v) is 17.4. The summed E-state index contributed by atoms with van der Waals surface area (Å²) >= 11 is 0. The van der Waals surface area contributed by atoms with Gasteiger partial charge in [-0.2, -0.15) is 0 Å². The largest absolute Gasteiger partial charge is 0.395 e. The number of aliphatic hydroxyl groups is 1. The molecule has 0 aliphatic heterocycles. The molecule has 0 aromatic rings. The Hall–Kier alpha value is -0.830. The fourth-order valence-corrected chi connectivity index (χ4v) is 3.23. The van der Waals surface area contributed by atoms with E-state index in [1.807, 2.05) is 6.92 Å². The molecule has 2 unspecified atom stereocenters. The van der Waals surface area contributed by atoms with Gasteiger partial charge in [0, 0.05) is 12.6 Å². The lowest BCUT2D eigenvalue weighted by Gasteiger charge is -2.15. The molecule has 0 aromatic carbocycles. The third-order valence-corrected chi connectivity index (χ3v) is 4.93. The van der Waals surface area contributed by atoms with Gasteiger partial charge in [0.25, 0.3) is 0 Å². The van der Waals surface area contributed by atoms with Crippen molar-refractivity contribution in [1.82, 2.24) is 5.32 Å². The van der Waals surface area contributed by atoms with Crippen molar-refractivity contribution >= 4 is 5.91 Å². The summed E-state index contributed by atoms with van der Waals surface area (Å²) < 4.78 is 0. The van der Waals surface area contributed by atoms with Crippen LogP contribution in [-0.2, 0) is 4.79 Å². The molecule has 0 heterocycles. The summed E-state index contributed by atoms with van der Waals surface area (Å²) in [7, 11) is 0. The normalized spacial score (nSPS) is 14.6. The van der Waals surface area contributed by atoms with Gasteiger partial charge in [0.1, 0.15) is 0 Å². The van der Waals surface area contributed by atoms with E-state index in [2.05, 4.69) is 33.0 Å². The highest BCUT2D eigenvalue weighted by Gasteiger charge is 2.07. The lowest BCUT2D eigenvalue weighted by atomic mass is 9.91. The number of rotatable bonds is 15. The Morgan fingerprint density at radius 2 is 1.44 bits per heavy atom. The molecule has 0 fully saturated rings. The maximum atomic E-state index is 11.5. The minimum atomic E-state index is -0.0916. The highest BCUT2D eigenvalue weighted by atomic mass is 16.3. The van der Waals surface area contributed by atoms with Gasteiger partial charge in [-0.15, -0.1) is 0 Å². The van der Waals surface area contributed by atoms with Crippen molar-refractivity contribution in [3.8, 4) is 0 Å². The Kier molecular flexibility index (Phi) is 14.9.